The molecular weight excluding hydrogens is 573 g/mol. The van der Waals surface area contributed by atoms with Crippen molar-refractivity contribution in [2.75, 3.05) is 5.32 Å². The molecule has 5 nitrogen and oxygen atoms in total. The van der Waals surface area contributed by atoms with Crippen molar-refractivity contribution >= 4 is 28.9 Å². The molecule has 2 aromatic rings. The summed E-state index contributed by atoms with van der Waals surface area (Å²) in [5, 5.41) is 12.8. The van der Waals surface area contributed by atoms with E-state index in [-0.39, 0.29) is 11.3 Å². The van der Waals surface area contributed by atoms with Gasteiger partial charge in [-0.2, -0.15) is 0 Å². The Morgan fingerprint density at radius 1 is 0.844 bits per heavy atom. The molecule has 2 aliphatic carbocycles. The second-order valence-corrected chi connectivity index (χ2v) is 14.9. The highest BCUT2D eigenvalue weighted by Gasteiger charge is 2.31. The molecular formula is C39H62N4OS. The number of unbranched alkanes of at least 4 members (excludes halogenated alkanes) is 3. The molecule has 1 atom stereocenters. The minimum absolute atomic E-state index is 0.00662. The van der Waals surface area contributed by atoms with E-state index < -0.39 is 6.04 Å². The molecule has 0 saturated heterocycles. The number of anilines is 1. The molecule has 4 rings (SSSR count). The SMILES string of the molecule is CCCCC(CCCC)(CCCC)c1ccc(NC(=O)C(Cc2cccs2)NC(=NC2CCCCC2)NC2CCCCC2)cc1. The van der Waals surface area contributed by atoms with E-state index in [1.165, 1.54) is 120 Å². The summed E-state index contributed by atoms with van der Waals surface area (Å²) in [6.45, 7) is 6.92. The van der Waals surface area contributed by atoms with Crippen LogP contribution in [0.15, 0.2) is 46.8 Å². The van der Waals surface area contributed by atoms with Crippen LogP contribution in [0.2, 0.25) is 0 Å². The third kappa shape index (κ3) is 11.4. The molecule has 1 aromatic heterocycles. The van der Waals surface area contributed by atoms with E-state index in [1.807, 2.05) is 0 Å². The predicted molar refractivity (Wildman–Crippen MR) is 195 cm³/mol. The lowest BCUT2D eigenvalue weighted by Crippen LogP contribution is -2.53. The number of guanidine groups is 1. The van der Waals surface area contributed by atoms with Crippen LogP contribution in [0.5, 0.6) is 0 Å². The Balaban J connectivity index is 1.52. The third-order valence-corrected chi connectivity index (χ3v) is 11.1. The number of hydrogen-bond donors (Lipinski definition) is 3. The van der Waals surface area contributed by atoms with Crippen LogP contribution in [0.25, 0.3) is 0 Å². The van der Waals surface area contributed by atoms with Crippen molar-refractivity contribution in [2.24, 2.45) is 4.99 Å². The monoisotopic (exact) mass is 634 g/mol. The first kappa shape index (κ1) is 35.5. The average Bonchev–Trinajstić information content (AvgIpc) is 3.59. The van der Waals surface area contributed by atoms with E-state index in [9.17, 15) is 4.79 Å². The Morgan fingerprint density at radius 2 is 1.44 bits per heavy atom. The predicted octanol–water partition coefficient (Wildman–Crippen LogP) is 10.3. The summed E-state index contributed by atoms with van der Waals surface area (Å²) in [4.78, 5) is 20.4. The summed E-state index contributed by atoms with van der Waals surface area (Å²) in [5.74, 6) is 0.834. The maximum absolute atomic E-state index is 14.0. The molecule has 0 spiro atoms. The summed E-state index contributed by atoms with van der Waals surface area (Å²) < 4.78 is 0. The van der Waals surface area contributed by atoms with Crippen molar-refractivity contribution in [1.82, 2.24) is 10.6 Å². The third-order valence-electron chi connectivity index (χ3n) is 10.2. The number of carbonyl (C=O) groups is 1. The van der Waals surface area contributed by atoms with E-state index in [2.05, 4.69) is 78.5 Å². The summed E-state index contributed by atoms with van der Waals surface area (Å²) in [6, 6.07) is 13.5. The molecule has 1 unspecified atom stereocenters. The molecule has 1 heterocycles. The van der Waals surface area contributed by atoms with Gasteiger partial charge < -0.3 is 16.0 Å². The van der Waals surface area contributed by atoms with E-state index in [1.54, 1.807) is 11.3 Å². The van der Waals surface area contributed by atoms with E-state index in [0.29, 0.717) is 18.5 Å². The molecule has 6 heteroatoms. The van der Waals surface area contributed by atoms with Gasteiger partial charge in [0.15, 0.2) is 5.96 Å². The van der Waals surface area contributed by atoms with Gasteiger partial charge in [0, 0.05) is 23.0 Å². The lowest BCUT2D eigenvalue weighted by Gasteiger charge is -2.35. The standard InChI is InChI=1S/C39H62N4OS/c1-4-7-26-39(27-8-5-2,28-9-6-3)31-22-24-34(25-23-31)40-37(44)36(30-35-21-16-29-45-35)43-38(41-32-17-12-10-13-18-32)42-33-19-14-11-15-20-33/h16,21-25,29,32-33,36H,4-15,17-20,26-28,30H2,1-3H3,(H,40,44)(H2,41,42,43). The molecule has 45 heavy (non-hydrogen) atoms. The topological polar surface area (TPSA) is 65.5 Å². The molecule has 2 saturated carbocycles. The molecule has 0 radical (unpaired) electrons. The zero-order valence-electron chi connectivity index (χ0n) is 28.7. The van der Waals surface area contributed by atoms with E-state index in [4.69, 9.17) is 4.99 Å². The van der Waals surface area contributed by atoms with E-state index in [0.717, 1.165) is 24.5 Å². The molecule has 1 amide bonds. The zero-order valence-corrected chi connectivity index (χ0v) is 29.5. The quantitative estimate of drug-likeness (QED) is 0.120. The van der Waals surface area contributed by atoms with Crippen molar-refractivity contribution in [3.8, 4) is 0 Å². The fraction of sp³-hybridized carbons (Fsp3) is 0.692. The number of amides is 1. The first-order valence-electron chi connectivity index (χ1n) is 18.6. The minimum Gasteiger partial charge on any atom is -0.354 e. The molecule has 3 N–H and O–H groups in total. The summed E-state index contributed by atoms with van der Waals surface area (Å²) >= 11 is 1.72. The normalized spacial score (nSPS) is 17.6. The van der Waals surface area contributed by atoms with Gasteiger partial charge >= 0.3 is 0 Å². The van der Waals surface area contributed by atoms with E-state index >= 15 is 0 Å². The van der Waals surface area contributed by atoms with Gasteiger partial charge in [-0.15, -0.1) is 11.3 Å². The van der Waals surface area contributed by atoms with Crippen LogP contribution in [-0.4, -0.2) is 30.0 Å². The van der Waals surface area contributed by atoms with Gasteiger partial charge in [0.25, 0.3) is 0 Å². The number of carbonyl (C=O) groups excluding carboxylic acids is 1. The molecule has 0 aliphatic heterocycles. The van der Waals surface area contributed by atoms with Gasteiger partial charge in [0.2, 0.25) is 5.91 Å². The van der Waals surface area contributed by atoms with Crippen LogP contribution in [-0.2, 0) is 16.6 Å². The molecule has 2 aliphatic rings. The zero-order chi connectivity index (χ0) is 31.7. The number of aliphatic imine (C=N–C) groups is 1. The molecule has 1 aromatic carbocycles. The fourth-order valence-corrected chi connectivity index (χ4v) is 8.20. The van der Waals surface area contributed by atoms with Gasteiger partial charge in [-0.25, -0.2) is 4.99 Å². The Labute approximate surface area is 278 Å². The minimum atomic E-state index is -0.403. The highest BCUT2D eigenvalue weighted by atomic mass is 32.1. The van der Waals surface area contributed by atoms with Crippen molar-refractivity contribution in [3.05, 3.63) is 52.2 Å². The van der Waals surface area contributed by atoms with Crippen molar-refractivity contribution < 1.29 is 4.79 Å². The maximum atomic E-state index is 14.0. The highest BCUT2D eigenvalue weighted by molar-refractivity contribution is 7.09. The lowest BCUT2D eigenvalue weighted by atomic mass is 9.69. The highest BCUT2D eigenvalue weighted by Crippen LogP contribution is 2.40. The van der Waals surface area contributed by atoms with Crippen molar-refractivity contribution in [1.29, 1.82) is 0 Å². The Morgan fingerprint density at radius 3 is 2.00 bits per heavy atom. The number of thiophene rings is 1. The largest absolute Gasteiger partial charge is 0.354 e. The molecule has 0 bridgehead atoms. The smallest absolute Gasteiger partial charge is 0.247 e. The maximum Gasteiger partial charge on any atom is 0.247 e. The number of benzene rings is 1. The van der Waals surface area contributed by atoms with Gasteiger partial charge in [-0.05, 0) is 79.5 Å². The van der Waals surface area contributed by atoms with Gasteiger partial charge in [-0.1, -0.05) is 116 Å². The van der Waals surface area contributed by atoms with Crippen LogP contribution in [0.1, 0.15) is 153 Å². The van der Waals surface area contributed by atoms with Gasteiger partial charge in [0.1, 0.15) is 6.04 Å². The Hall–Kier alpha value is -2.34. The average molecular weight is 635 g/mol. The molecule has 250 valence electrons. The van der Waals surface area contributed by atoms with Crippen LogP contribution in [0, 0.1) is 0 Å². The van der Waals surface area contributed by atoms with Crippen LogP contribution in [0.4, 0.5) is 5.69 Å². The second kappa shape index (κ2) is 19.4. The Bertz CT molecular complexity index is 1090. The number of rotatable bonds is 17. The van der Waals surface area contributed by atoms with Crippen LogP contribution >= 0.6 is 11.3 Å². The second-order valence-electron chi connectivity index (χ2n) is 13.9. The Kier molecular flexibility index (Phi) is 15.3. The summed E-state index contributed by atoms with van der Waals surface area (Å²) in [6.07, 6.45) is 24.2. The first-order valence-corrected chi connectivity index (χ1v) is 19.5. The van der Waals surface area contributed by atoms with Crippen molar-refractivity contribution in [2.45, 2.75) is 173 Å². The molecule has 2 fully saturated rings. The first-order chi connectivity index (χ1) is 22.0. The van der Waals surface area contributed by atoms with Crippen LogP contribution < -0.4 is 16.0 Å². The number of nitrogens with zero attached hydrogens (tertiary/aromatic N) is 1. The van der Waals surface area contributed by atoms with Gasteiger partial charge in [0.05, 0.1) is 6.04 Å². The number of nitrogens with one attached hydrogen (secondary N) is 3. The summed E-state index contributed by atoms with van der Waals surface area (Å²) in [7, 11) is 0. The fourth-order valence-electron chi connectivity index (χ4n) is 7.44. The summed E-state index contributed by atoms with van der Waals surface area (Å²) in [5.41, 5.74) is 2.56. The van der Waals surface area contributed by atoms with Crippen LogP contribution in [0.3, 0.4) is 0 Å². The van der Waals surface area contributed by atoms with Crippen molar-refractivity contribution in [3.63, 3.8) is 0 Å². The number of hydrogen-bond acceptors (Lipinski definition) is 3. The van der Waals surface area contributed by atoms with Gasteiger partial charge in [-0.3, -0.25) is 4.79 Å². The lowest BCUT2D eigenvalue weighted by molar-refractivity contribution is -0.117.